The molecule has 1 aromatic carbocycles. The van der Waals surface area contributed by atoms with Gasteiger partial charge in [0.1, 0.15) is 0 Å². The number of hydrogen-bond donors (Lipinski definition) is 1. The topological polar surface area (TPSA) is 65.9 Å². The van der Waals surface area contributed by atoms with Crippen molar-refractivity contribution in [2.45, 2.75) is 92.3 Å². The number of aromatic nitrogens is 1. The van der Waals surface area contributed by atoms with E-state index >= 15 is 0 Å². The van der Waals surface area contributed by atoms with Crippen LogP contribution in [-0.2, 0) is 9.53 Å². The second-order valence-electron chi connectivity index (χ2n) is 12.6. The molecule has 0 saturated carbocycles. The van der Waals surface area contributed by atoms with Crippen molar-refractivity contribution in [2.24, 2.45) is 5.41 Å². The summed E-state index contributed by atoms with van der Waals surface area (Å²) in [7, 11) is 0. The first-order chi connectivity index (χ1) is 17.4. The van der Waals surface area contributed by atoms with Gasteiger partial charge in [-0.25, -0.2) is 4.79 Å². The molecule has 6 nitrogen and oxygen atoms in total. The Morgan fingerprint density at radius 2 is 1.54 bits per heavy atom. The molecule has 0 bridgehead atoms. The first kappa shape index (κ1) is 27.4. The Morgan fingerprint density at radius 1 is 0.946 bits per heavy atom. The van der Waals surface area contributed by atoms with Crippen molar-refractivity contribution in [3.8, 4) is 11.1 Å². The third-order valence-corrected chi connectivity index (χ3v) is 7.85. The molecule has 1 atom stereocenters. The van der Waals surface area contributed by atoms with Gasteiger partial charge in [-0.05, 0) is 89.8 Å². The molecule has 2 aliphatic heterocycles. The van der Waals surface area contributed by atoms with Crippen LogP contribution in [0.15, 0.2) is 24.3 Å². The van der Waals surface area contributed by atoms with E-state index in [1.807, 2.05) is 34.6 Å². The van der Waals surface area contributed by atoms with E-state index < -0.39 is 17.7 Å². The maximum Gasteiger partial charge on any atom is 0.337 e. The molecule has 0 radical (unpaired) electrons. The van der Waals surface area contributed by atoms with Gasteiger partial charge in [-0.15, -0.1) is 0 Å². The van der Waals surface area contributed by atoms with Gasteiger partial charge in [-0.3, -0.25) is 4.98 Å². The van der Waals surface area contributed by atoms with Crippen LogP contribution in [0.5, 0.6) is 0 Å². The van der Waals surface area contributed by atoms with Crippen molar-refractivity contribution < 1.29 is 14.6 Å². The number of carboxylic acids is 1. The molecular formula is C31H45N3O3. The number of rotatable bonds is 6. The summed E-state index contributed by atoms with van der Waals surface area (Å²) < 4.78 is 6.19. The molecule has 1 N–H and O–H groups in total. The highest BCUT2D eigenvalue weighted by atomic mass is 16.5. The van der Waals surface area contributed by atoms with Gasteiger partial charge in [0.2, 0.25) is 0 Å². The number of carboxylic acid groups (broad SMARTS) is 1. The summed E-state index contributed by atoms with van der Waals surface area (Å²) >= 11 is 0. The van der Waals surface area contributed by atoms with Crippen LogP contribution >= 0.6 is 0 Å². The van der Waals surface area contributed by atoms with E-state index in [9.17, 15) is 9.90 Å². The molecule has 2 fully saturated rings. The van der Waals surface area contributed by atoms with Crippen molar-refractivity contribution in [3.05, 3.63) is 41.2 Å². The fraction of sp³-hybridized carbons (Fsp3) is 0.613. The molecule has 0 aliphatic carbocycles. The number of aryl methyl sites for hydroxylation is 2. The van der Waals surface area contributed by atoms with Gasteiger partial charge in [0.25, 0.3) is 0 Å². The van der Waals surface area contributed by atoms with Crippen LogP contribution in [0, 0.1) is 19.3 Å². The van der Waals surface area contributed by atoms with Gasteiger partial charge >= 0.3 is 5.97 Å². The molecule has 37 heavy (non-hydrogen) atoms. The van der Waals surface area contributed by atoms with E-state index in [1.165, 1.54) is 24.9 Å². The van der Waals surface area contributed by atoms with E-state index in [2.05, 4.69) is 47.9 Å². The summed E-state index contributed by atoms with van der Waals surface area (Å²) in [6, 6.07) is 8.79. The highest BCUT2D eigenvalue weighted by Gasteiger charge is 2.36. The molecule has 3 heterocycles. The van der Waals surface area contributed by atoms with Crippen molar-refractivity contribution in [1.29, 1.82) is 0 Å². The fourth-order valence-corrected chi connectivity index (χ4v) is 5.75. The highest BCUT2D eigenvalue weighted by Crippen LogP contribution is 2.45. The van der Waals surface area contributed by atoms with E-state index in [1.54, 1.807) is 0 Å². The smallest absolute Gasteiger partial charge is 0.337 e. The lowest BCUT2D eigenvalue weighted by molar-refractivity contribution is -0.160. The number of benzene rings is 1. The maximum absolute atomic E-state index is 12.6. The Labute approximate surface area is 223 Å². The highest BCUT2D eigenvalue weighted by molar-refractivity contribution is 5.88. The Kier molecular flexibility index (Phi) is 7.89. The van der Waals surface area contributed by atoms with Crippen LogP contribution in [0.1, 0.15) is 89.8 Å². The summed E-state index contributed by atoms with van der Waals surface area (Å²) in [5, 5.41) is 10.4. The Bertz CT molecular complexity index is 1100. The average Bonchev–Trinajstić information content (AvgIpc) is 2.83. The second-order valence-corrected chi connectivity index (χ2v) is 12.6. The molecule has 0 amide bonds. The van der Waals surface area contributed by atoms with Crippen LogP contribution in [0.25, 0.3) is 11.1 Å². The predicted molar refractivity (Wildman–Crippen MR) is 152 cm³/mol. The van der Waals surface area contributed by atoms with Gasteiger partial charge in [0, 0.05) is 54.4 Å². The van der Waals surface area contributed by atoms with Gasteiger partial charge in [-0.1, -0.05) is 26.0 Å². The fourth-order valence-electron chi connectivity index (χ4n) is 5.75. The minimum absolute atomic E-state index is 0.276. The molecule has 2 aliphatic rings. The predicted octanol–water partition coefficient (Wildman–Crippen LogP) is 6.92. The van der Waals surface area contributed by atoms with E-state index in [4.69, 9.17) is 9.72 Å². The molecular weight excluding hydrogens is 462 g/mol. The van der Waals surface area contributed by atoms with Gasteiger partial charge in [0.15, 0.2) is 6.10 Å². The van der Waals surface area contributed by atoms with Crippen LogP contribution in [0.4, 0.5) is 11.4 Å². The van der Waals surface area contributed by atoms with Crippen LogP contribution in [0.3, 0.4) is 0 Å². The maximum atomic E-state index is 12.6. The number of nitrogens with zero attached hydrogens (tertiary/aromatic N) is 3. The van der Waals surface area contributed by atoms with E-state index in [0.29, 0.717) is 5.56 Å². The van der Waals surface area contributed by atoms with Gasteiger partial charge in [0.05, 0.1) is 11.3 Å². The summed E-state index contributed by atoms with van der Waals surface area (Å²) in [5.41, 5.74) is 6.32. The lowest BCUT2D eigenvalue weighted by Gasteiger charge is -2.41. The van der Waals surface area contributed by atoms with Crippen molar-refractivity contribution >= 4 is 17.3 Å². The number of anilines is 2. The van der Waals surface area contributed by atoms with Crippen LogP contribution in [0.2, 0.25) is 0 Å². The first-order valence-electron chi connectivity index (χ1n) is 13.9. The van der Waals surface area contributed by atoms with Crippen LogP contribution in [-0.4, -0.2) is 47.8 Å². The molecule has 0 spiro atoms. The molecule has 202 valence electrons. The van der Waals surface area contributed by atoms with Crippen LogP contribution < -0.4 is 9.80 Å². The van der Waals surface area contributed by atoms with Crippen molar-refractivity contribution in [2.75, 3.05) is 36.0 Å². The number of piperidine rings is 2. The Hall–Kier alpha value is -2.60. The summed E-state index contributed by atoms with van der Waals surface area (Å²) in [6.45, 7) is 18.3. The third kappa shape index (κ3) is 6.28. The Morgan fingerprint density at radius 3 is 2.08 bits per heavy atom. The Balaban J connectivity index is 1.86. The monoisotopic (exact) mass is 507 g/mol. The molecule has 1 aromatic heterocycles. The summed E-state index contributed by atoms with van der Waals surface area (Å²) in [6.07, 6.45) is 4.81. The lowest BCUT2D eigenvalue weighted by atomic mass is 9.81. The van der Waals surface area contributed by atoms with E-state index in [-0.39, 0.29) is 5.41 Å². The quantitative estimate of drug-likeness (QED) is 0.458. The average molecular weight is 508 g/mol. The molecule has 2 aromatic rings. The second kappa shape index (κ2) is 10.6. The zero-order valence-electron chi connectivity index (χ0n) is 23.9. The number of aliphatic carboxylic acids is 1. The third-order valence-electron chi connectivity index (χ3n) is 7.85. The molecule has 1 unspecified atom stereocenters. The molecule has 6 heteroatoms. The minimum Gasteiger partial charge on any atom is -0.479 e. The zero-order valence-corrected chi connectivity index (χ0v) is 23.9. The molecule has 2 saturated heterocycles. The number of pyridine rings is 1. The van der Waals surface area contributed by atoms with E-state index in [0.717, 1.165) is 67.2 Å². The summed E-state index contributed by atoms with van der Waals surface area (Å²) in [4.78, 5) is 22.4. The normalized spacial score (nSPS) is 19.1. The summed E-state index contributed by atoms with van der Waals surface area (Å²) in [5.74, 6) is -0.978. The zero-order chi connectivity index (χ0) is 27.0. The van der Waals surface area contributed by atoms with Gasteiger partial charge in [-0.2, -0.15) is 0 Å². The van der Waals surface area contributed by atoms with Gasteiger partial charge < -0.3 is 19.6 Å². The number of carbonyl (C=O) groups is 1. The SMILES string of the molecule is Cc1nc(C)c(C(OC(C)(C)C)C(=O)O)c(N2CCC(C)(C)CC2)c1-c1ccc(N2CCCCC2)cc1. The standard InChI is InChI=1S/C31H45N3O3/c1-21-25(23-11-13-24(14-12-23)33-17-9-8-10-18-33)27(34-19-15-31(6,7)16-20-34)26(22(2)32-21)28(29(35)36)37-30(3,4)5/h11-14,28H,8-10,15-20H2,1-7H3,(H,35,36). The first-order valence-corrected chi connectivity index (χ1v) is 13.9. The number of ether oxygens (including phenoxy) is 1. The lowest BCUT2D eigenvalue weighted by Crippen LogP contribution is -2.39. The molecule has 4 rings (SSSR count). The van der Waals surface area contributed by atoms with Crippen molar-refractivity contribution in [1.82, 2.24) is 4.98 Å². The van der Waals surface area contributed by atoms with Crippen molar-refractivity contribution in [3.63, 3.8) is 0 Å². The minimum atomic E-state index is -1.09. The number of hydrogen-bond acceptors (Lipinski definition) is 5. The largest absolute Gasteiger partial charge is 0.479 e.